The van der Waals surface area contributed by atoms with Crippen LogP contribution in [0.15, 0.2) is 6.07 Å². The summed E-state index contributed by atoms with van der Waals surface area (Å²) in [5.41, 5.74) is 1.52. The molecule has 0 unspecified atom stereocenters. The molecule has 0 saturated heterocycles. The van der Waals surface area contributed by atoms with Gasteiger partial charge in [0.15, 0.2) is 0 Å². The Morgan fingerprint density at radius 1 is 1.33 bits per heavy atom. The predicted molar refractivity (Wildman–Crippen MR) is 62.0 cm³/mol. The van der Waals surface area contributed by atoms with Crippen molar-refractivity contribution >= 4 is 5.82 Å². The van der Waals surface area contributed by atoms with Crippen molar-refractivity contribution in [1.29, 1.82) is 0 Å². The van der Waals surface area contributed by atoms with Gasteiger partial charge in [-0.1, -0.05) is 13.3 Å². The number of nitrogens with one attached hydrogen (secondary N) is 1. The Bertz CT molecular complexity index is 336. The van der Waals surface area contributed by atoms with E-state index in [1.165, 1.54) is 19.3 Å². The van der Waals surface area contributed by atoms with Crippen molar-refractivity contribution in [2.24, 2.45) is 5.41 Å². The molecule has 82 valence electrons. The first-order valence-electron chi connectivity index (χ1n) is 5.64. The van der Waals surface area contributed by atoms with E-state index < -0.39 is 0 Å². The number of hydrogen-bond acceptors (Lipinski definition) is 3. The van der Waals surface area contributed by atoms with Crippen LogP contribution in [0.3, 0.4) is 0 Å². The highest BCUT2D eigenvalue weighted by atomic mass is 15.0. The van der Waals surface area contributed by atoms with Crippen LogP contribution in [0.5, 0.6) is 0 Å². The molecular formula is C12H19N3. The fourth-order valence-electron chi connectivity index (χ4n) is 2.07. The minimum Gasteiger partial charge on any atom is -0.369 e. The topological polar surface area (TPSA) is 37.8 Å². The van der Waals surface area contributed by atoms with Gasteiger partial charge in [0.05, 0.1) is 0 Å². The van der Waals surface area contributed by atoms with Crippen molar-refractivity contribution in [3.63, 3.8) is 0 Å². The van der Waals surface area contributed by atoms with Crippen LogP contribution in [0.4, 0.5) is 5.82 Å². The second-order valence-corrected chi connectivity index (χ2v) is 4.96. The molecule has 1 aliphatic carbocycles. The first-order valence-corrected chi connectivity index (χ1v) is 5.64. The fraction of sp³-hybridized carbons (Fsp3) is 0.667. The summed E-state index contributed by atoms with van der Waals surface area (Å²) in [6, 6.07) is 2.01. The van der Waals surface area contributed by atoms with E-state index in [1.807, 2.05) is 19.9 Å². The number of aryl methyl sites for hydroxylation is 2. The molecule has 0 spiro atoms. The second-order valence-electron chi connectivity index (χ2n) is 4.96. The molecule has 3 nitrogen and oxygen atoms in total. The Morgan fingerprint density at radius 2 is 2.07 bits per heavy atom. The summed E-state index contributed by atoms with van der Waals surface area (Å²) in [4.78, 5) is 8.63. The van der Waals surface area contributed by atoms with E-state index in [-0.39, 0.29) is 0 Å². The largest absolute Gasteiger partial charge is 0.369 e. The number of nitrogens with zero attached hydrogens (tertiary/aromatic N) is 2. The van der Waals surface area contributed by atoms with Crippen LogP contribution in [-0.4, -0.2) is 16.5 Å². The lowest BCUT2D eigenvalue weighted by atomic mass is 9.70. The highest BCUT2D eigenvalue weighted by molar-refractivity contribution is 5.36. The van der Waals surface area contributed by atoms with E-state index in [2.05, 4.69) is 22.2 Å². The number of aromatic nitrogens is 2. The quantitative estimate of drug-likeness (QED) is 0.824. The lowest BCUT2D eigenvalue weighted by Gasteiger charge is -2.38. The molecule has 0 bridgehead atoms. The maximum absolute atomic E-state index is 4.37. The third-order valence-corrected chi connectivity index (χ3v) is 3.22. The smallest absolute Gasteiger partial charge is 0.129 e. The molecule has 1 saturated carbocycles. The SMILES string of the molecule is Cc1cc(NCC2(C)CCC2)nc(C)n1. The highest BCUT2D eigenvalue weighted by Gasteiger charge is 2.31. The van der Waals surface area contributed by atoms with E-state index in [0.717, 1.165) is 23.9 Å². The van der Waals surface area contributed by atoms with Crippen molar-refractivity contribution in [2.45, 2.75) is 40.0 Å². The van der Waals surface area contributed by atoms with Crippen LogP contribution in [0.2, 0.25) is 0 Å². The van der Waals surface area contributed by atoms with Gasteiger partial charge in [-0.05, 0) is 32.1 Å². The van der Waals surface area contributed by atoms with Crippen molar-refractivity contribution in [3.05, 3.63) is 17.6 Å². The van der Waals surface area contributed by atoms with Crippen molar-refractivity contribution < 1.29 is 0 Å². The van der Waals surface area contributed by atoms with Crippen LogP contribution in [0, 0.1) is 19.3 Å². The molecular weight excluding hydrogens is 186 g/mol. The van der Waals surface area contributed by atoms with Crippen LogP contribution < -0.4 is 5.32 Å². The fourth-order valence-corrected chi connectivity index (χ4v) is 2.07. The average molecular weight is 205 g/mol. The maximum Gasteiger partial charge on any atom is 0.129 e. The predicted octanol–water partition coefficient (Wildman–Crippen LogP) is 2.70. The van der Waals surface area contributed by atoms with Crippen LogP contribution in [0.25, 0.3) is 0 Å². The van der Waals surface area contributed by atoms with E-state index in [4.69, 9.17) is 0 Å². The number of anilines is 1. The minimum atomic E-state index is 0.493. The molecule has 0 amide bonds. The van der Waals surface area contributed by atoms with Gasteiger partial charge in [0.2, 0.25) is 0 Å². The lowest BCUT2D eigenvalue weighted by molar-refractivity contribution is 0.180. The molecule has 1 aromatic rings. The zero-order valence-electron chi connectivity index (χ0n) is 9.80. The molecule has 1 N–H and O–H groups in total. The van der Waals surface area contributed by atoms with Crippen molar-refractivity contribution in [3.8, 4) is 0 Å². The van der Waals surface area contributed by atoms with Crippen LogP contribution in [-0.2, 0) is 0 Å². The summed E-state index contributed by atoms with van der Waals surface area (Å²) in [5, 5.41) is 3.42. The highest BCUT2D eigenvalue weighted by Crippen LogP contribution is 2.40. The lowest BCUT2D eigenvalue weighted by Crippen LogP contribution is -2.33. The Morgan fingerprint density at radius 3 is 2.60 bits per heavy atom. The molecule has 2 rings (SSSR count). The number of rotatable bonds is 3. The van der Waals surface area contributed by atoms with Gasteiger partial charge in [-0.2, -0.15) is 0 Å². The van der Waals surface area contributed by atoms with E-state index in [1.54, 1.807) is 0 Å². The van der Waals surface area contributed by atoms with E-state index in [0.29, 0.717) is 5.41 Å². The first kappa shape index (κ1) is 10.4. The van der Waals surface area contributed by atoms with Gasteiger partial charge in [0.25, 0.3) is 0 Å². The van der Waals surface area contributed by atoms with Gasteiger partial charge >= 0.3 is 0 Å². The molecule has 1 heterocycles. The molecule has 0 atom stereocenters. The zero-order valence-corrected chi connectivity index (χ0v) is 9.80. The average Bonchev–Trinajstić information content (AvgIpc) is 2.10. The molecule has 1 aliphatic rings. The van der Waals surface area contributed by atoms with Crippen molar-refractivity contribution in [2.75, 3.05) is 11.9 Å². The summed E-state index contributed by atoms with van der Waals surface area (Å²) in [7, 11) is 0. The maximum atomic E-state index is 4.37. The first-order chi connectivity index (χ1) is 7.07. The van der Waals surface area contributed by atoms with Crippen molar-refractivity contribution in [1.82, 2.24) is 9.97 Å². The van der Waals surface area contributed by atoms with Crippen LogP contribution >= 0.6 is 0 Å². The van der Waals surface area contributed by atoms with Gasteiger partial charge in [0, 0.05) is 18.3 Å². The van der Waals surface area contributed by atoms with Gasteiger partial charge < -0.3 is 5.32 Å². The Labute approximate surface area is 91.3 Å². The second kappa shape index (κ2) is 3.80. The standard InChI is InChI=1S/C12H19N3/c1-9-7-11(15-10(2)14-9)13-8-12(3)5-4-6-12/h7H,4-6,8H2,1-3H3,(H,13,14,15). The van der Waals surface area contributed by atoms with Gasteiger partial charge in [0.1, 0.15) is 11.6 Å². The molecule has 15 heavy (non-hydrogen) atoms. The summed E-state index contributed by atoms with van der Waals surface area (Å²) >= 11 is 0. The number of hydrogen-bond donors (Lipinski definition) is 1. The summed E-state index contributed by atoms with van der Waals surface area (Å²) in [6.45, 7) is 7.31. The van der Waals surface area contributed by atoms with E-state index in [9.17, 15) is 0 Å². The summed E-state index contributed by atoms with van der Waals surface area (Å²) < 4.78 is 0. The normalized spacial score (nSPS) is 18.3. The Kier molecular flexibility index (Phi) is 2.63. The monoisotopic (exact) mass is 205 g/mol. The van der Waals surface area contributed by atoms with Gasteiger partial charge in [-0.3, -0.25) is 0 Å². The zero-order chi connectivity index (χ0) is 10.9. The molecule has 0 aromatic carbocycles. The van der Waals surface area contributed by atoms with Gasteiger partial charge in [-0.15, -0.1) is 0 Å². The summed E-state index contributed by atoms with van der Waals surface area (Å²) in [6.07, 6.45) is 4.05. The molecule has 3 heteroatoms. The Hall–Kier alpha value is -1.12. The third kappa shape index (κ3) is 2.46. The molecule has 0 aliphatic heterocycles. The van der Waals surface area contributed by atoms with E-state index >= 15 is 0 Å². The molecule has 1 aromatic heterocycles. The molecule has 1 fully saturated rings. The minimum absolute atomic E-state index is 0.493. The third-order valence-electron chi connectivity index (χ3n) is 3.22. The van der Waals surface area contributed by atoms with Gasteiger partial charge in [-0.25, -0.2) is 9.97 Å². The Balaban J connectivity index is 1.98. The summed E-state index contributed by atoms with van der Waals surface area (Å²) in [5.74, 6) is 1.81. The molecule has 0 radical (unpaired) electrons. The van der Waals surface area contributed by atoms with Crippen LogP contribution in [0.1, 0.15) is 37.7 Å².